The maximum absolute atomic E-state index is 14.2. The second kappa shape index (κ2) is 9.45. The normalized spacial score (nSPS) is 27.9. The molecule has 1 amide bonds. The lowest BCUT2D eigenvalue weighted by Crippen LogP contribution is -2.59. The van der Waals surface area contributed by atoms with Crippen LogP contribution in [0.25, 0.3) is 0 Å². The Hall–Kier alpha value is -1.66. The number of benzene rings is 1. The van der Waals surface area contributed by atoms with Gasteiger partial charge in [0.25, 0.3) is 0 Å². The maximum Gasteiger partial charge on any atom is 0.233 e. The van der Waals surface area contributed by atoms with Crippen LogP contribution in [-0.2, 0) is 10.2 Å². The van der Waals surface area contributed by atoms with Gasteiger partial charge in [0.2, 0.25) is 5.91 Å². The average molecular weight is 443 g/mol. The molecule has 1 aromatic rings. The van der Waals surface area contributed by atoms with Gasteiger partial charge in [-0.05, 0) is 92.7 Å². The van der Waals surface area contributed by atoms with E-state index in [1.54, 1.807) is 0 Å². The minimum absolute atomic E-state index is 0.158. The van der Waals surface area contributed by atoms with Crippen molar-refractivity contribution in [3.8, 4) is 0 Å². The first kappa shape index (κ1) is 22.5. The third kappa shape index (κ3) is 4.34. The van der Waals surface area contributed by atoms with Crippen LogP contribution in [0.15, 0.2) is 24.3 Å². The molecular weight excluding hydrogens is 404 g/mol. The maximum atomic E-state index is 14.2. The third-order valence-corrected chi connectivity index (χ3v) is 8.26. The number of amides is 1. The van der Waals surface area contributed by atoms with E-state index in [9.17, 15) is 4.79 Å². The Kier molecular flexibility index (Phi) is 6.87. The van der Waals surface area contributed by atoms with Gasteiger partial charge in [0.05, 0.1) is 11.5 Å². The highest BCUT2D eigenvalue weighted by atomic mass is 32.1. The molecule has 31 heavy (non-hydrogen) atoms. The van der Waals surface area contributed by atoms with Crippen molar-refractivity contribution in [3.05, 3.63) is 35.4 Å². The predicted octanol–water partition coefficient (Wildman–Crippen LogP) is 3.49. The second-order valence-electron chi connectivity index (χ2n) is 10.1. The monoisotopic (exact) mass is 442 g/mol. The molecular formula is C25H38N4OS. The van der Waals surface area contributed by atoms with Gasteiger partial charge in [0.15, 0.2) is 5.11 Å². The fraction of sp³-hybridized carbons (Fsp3) is 0.680. The first-order chi connectivity index (χ1) is 14.9. The van der Waals surface area contributed by atoms with Crippen molar-refractivity contribution in [3.63, 3.8) is 0 Å². The number of nitrogens with two attached hydrogens (primary N) is 1. The summed E-state index contributed by atoms with van der Waals surface area (Å²) >= 11 is 5.02. The van der Waals surface area contributed by atoms with Crippen LogP contribution in [0.5, 0.6) is 0 Å². The van der Waals surface area contributed by atoms with E-state index >= 15 is 0 Å². The number of hydrogen-bond acceptors (Lipinski definition) is 3. The quantitative estimate of drug-likeness (QED) is 0.609. The Morgan fingerprint density at radius 1 is 1.23 bits per heavy atom. The molecule has 2 heterocycles. The van der Waals surface area contributed by atoms with Gasteiger partial charge in [-0.25, -0.2) is 0 Å². The van der Waals surface area contributed by atoms with E-state index in [2.05, 4.69) is 53.6 Å². The lowest BCUT2D eigenvalue weighted by atomic mass is 9.64. The molecule has 6 heteroatoms. The van der Waals surface area contributed by atoms with E-state index in [1.165, 1.54) is 36.8 Å². The number of fused-ring (bicyclic) bond motifs is 2. The number of hydrogen-bond donors (Lipinski definition) is 3. The van der Waals surface area contributed by atoms with Crippen molar-refractivity contribution >= 4 is 23.2 Å². The number of carbonyl (C=O) groups excluding carboxylic acids is 1. The molecule has 170 valence electrons. The van der Waals surface area contributed by atoms with Crippen LogP contribution in [0.1, 0.15) is 69.5 Å². The number of nitrogens with one attached hydrogen (secondary N) is 2. The second-order valence-corrected chi connectivity index (χ2v) is 10.5. The summed E-state index contributed by atoms with van der Waals surface area (Å²) in [6.45, 7) is 7.73. The fourth-order valence-electron chi connectivity index (χ4n) is 6.39. The van der Waals surface area contributed by atoms with Crippen LogP contribution in [0.2, 0.25) is 0 Å². The molecule has 1 aliphatic carbocycles. The van der Waals surface area contributed by atoms with Crippen molar-refractivity contribution in [1.29, 1.82) is 0 Å². The minimum Gasteiger partial charge on any atom is -0.376 e. The molecule has 0 aromatic heterocycles. The van der Waals surface area contributed by atoms with Gasteiger partial charge in [-0.1, -0.05) is 38.1 Å². The van der Waals surface area contributed by atoms with Gasteiger partial charge < -0.3 is 21.3 Å². The molecule has 1 spiro atoms. The molecule has 2 aliphatic heterocycles. The SMILES string of the molecule is CC(C)C1CCC(C2c3ccccc3C3(CCNCC3)C(=O)N2CCNC(N)=S)CC1. The molecule has 5 nitrogen and oxygen atoms in total. The summed E-state index contributed by atoms with van der Waals surface area (Å²) < 4.78 is 0. The zero-order valence-corrected chi connectivity index (χ0v) is 19.8. The van der Waals surface area contributed by atoms with Crippen LogP contribution in [0.3, 0.4) is 0 Å². The summed E-state index contributed by atoms with van der Waals surface area (Å²) in [6.07, 6.45) is 6.67. The summed E-state index contributed by atoms with van der Waals surface area (Å²) in [5.41, 5.74) is 7.96. The van der Waals surface area contributed by atoms with Gasteiger partial charge in [-0.2, -0.15) is 0 Å². The third-order valence-electron chi connectivity index (χ3n) is 8.12. The number of carbonyl (C=O) groups is 1. The molecule has 1 saturated carbocycles. The first-order valence-electron chi connectivity index (χ1n) is 12.1. The Labute approximate surface area is 192 Å². The Bertz CT molecular complexity index is 796. The summed E-state index contributed by atoms with van der Waals surface area (Å²) in [6, 6.07) is 8.95. The van der Waals surface area contributed by atoms with E-state index in [-0.39, 0.29) is 6.04 Å². The molecule has 4 N–H and O–H groups in total. The molecule has 1 unspecified atom stereocenters. The standard InChI is InChI=1S/C25H38N4OS/c1-17(2)18-7-9-19(10-8-18)22-20-5-3-4-6-21(20)25(11-13-27-14-12-25)23(30)29(22)16-15-28-24(26)31/h3-6,17-19,22,27H,7-16H2,1-2H3,(H3,26,28,31). The lowest BCUT2D eigenvalue weighted by molar-refractivity contribution is -0.145. The Balaban J connectivity index is 1.69. The zero-order chi connectivity index (χ0) is 22.0. The van der Waals surface area contributed by atoms with Crippen molar-refractivity contribution in [2.75, 3.05) is 26.2 Å². The van der Waals surface area contributed by atoms with E-state index in [0.717, 1.165) is 37.8 Å². The number of piperidine rings is 1. The summed E-state index contributed by atoms with van der Waals surface area (Å²) in [7, 11) is 0. The summed E-state index contributed by atoms with van der Waals surface area (Å²) in [5, 5.41) is 6.83. The van der Waals surface area contributed by atoms with E-state index < -0.39 is 5.41 Å². The van der Waals surface area contributed by atoms with Crippen LogP contribution in [0.4, 0.5) is 0 Å². The van der Waals surface area contributed by atoms with E-state index in [0.29, 0.717) is 30.0 Å². The number of rotatable bonds is 5. The van der Waals surface area contributed by atoms with E-state index in [1.807, 2.05) is 0 Å². The van der Waals surface area contributed by atoms with Crippen LogP contribution >= 0.6 is 12.2 Å². The lowest BCUT2D eigenvalue weighted by Gasteiger charge is -2.52. The topological polar surface area (TPSA) is 70.4 Å². The number of thiocarbonyl (C=S) groups is 1. The highest BCUT2D eigenvalue weighted by Crippen LogP contribution is 2.51. The van der Waals surface area contributed by atoms with Gasteiger partial charge in [-0.3, -0.25) is 4.79 Å². The van der Waals surface area contributed by atoms with Crippen molar-refractivity contribution in [1.82, 2.24) is 15.5 Å². The molecule has 0 bridgehead atoms. The van der Waals surface area contributed by atoms with Crippen LogP contribution in [-0.4, -0.2) is 42.1 Å². The van der Waals surface area contributed by atoms with Crippen molar-refractivity contribution in [2.45, 2.75) is 63.8 Å². The predicted molar refractivity (Wildman–Crippen MR) is 130 cm³/mol. The average Bonchev–Trinajstić information content (AvgIpc) is 2.78. The van der Waals surface area contributed by atoms with Crippen LogP contribution < -0.4 is 16.4 Å². The molecule has 3 aliphatic rings. The molecule has 1 saturated heterocycles. The van der Waals surface area contributed by atoms with Crippen molar-refractivity contribution in [2.24, 2.45) is 23.5 Å². The zero-order valence-electron chi connectivity index (χ0n) is 19.0. The Morgan fingerprint density at radius 2 is 1.90 bits per heavy atom. The highest BCUT2D eigenvalue weighted by Gasteiger charge is 2.52. The van der Waals surface area contributed by atoms with E-state index in [4.69, 9.17) is 18.0 Å². The molecule has 2 fully saturated rings. The summed E-state index contributed by atoms with van der Waals surface area (Å²) in [5.74, 6) is 2.38. The number of nitrogens with zero attached hydrogens (tertiary/aromatic N) is 1. The smallest absolute Gasteiger partial charge is 0.233 e. The van der Waals surface area contributed by atoms with Crippen LogP contribution in [0, 0.1) is 17.8 Å². The largest absolute Gasteiger partial charge is 0.376 e. The molecule has 1 atom stereocenters. The fourth-order valence-corrected chi connectivity index (χ4v) is 6.49. The van der Waals surface area contributed by atoms with Gasteiger partial charge >= 0.3 is 0 Å². The molecule has 0 radical (unpaired) electrons. The molecule has 1 aromatic carbocycles. The van der Waals surface area contributed by atoms with Gasteiger partial charge in [-0.15, -0.1) is 0 Å². The van der Waals surface area contributed by atoms with Crippen molar-refractivity contribution < 1.29 is 4.79 Å². The van der Waals surface area contributed by atoms with Gasteiger partial charge in [0.1, 0.15) is 0 Å². The highest BCUT2D eigenvalue weighted by molar-refractivity contribution is 7.80. The van der Waals surface area contributed by atoms with Gasteiger partial charge in [0, 0.05) is 13.1 Å². The molecule has 4 rings (SSSR count). The Morgan fingerprint density at radius 3 is 2.55 bits per heavy atom. The first-order valence-corrected chi connectivity index (χ1v) is 12.5. The summed E-state index contributed by atoms with van der Waals surface area (Å²) in [4.78, 5) is 16.4. The minimum atomic E-state index is -0.392.